The topological polar surface area (TPSA) is 46.0 Å². The summed E-state index contributed by atoms with van der Waals surface area (Å²) in [6.45, 7) is 12.1. The highest BCUT2D eigenvalue weighted by Crippen LogP contribution is 2.38. The maximum absolute atomic E-state index is 4.51. The van der Waals surface area contributed by atoms with Gasteiger partial charge in [-0.15, -0.1) is 0 Å². The number of nitrogens with one attached hydrogen (secondary N) is 1. The lowest BCUT2D eigenvalue weighted by Crippen LogP contribution is -2.63. The fraction of sp³-hybridized carbons (Fsp3) is 0.875. The van der Waals surface area contributed by atoms with Gasteiger partial charge in [-0.2, -0.15) is 5.10 Å². The Labute approximate surface area is 128 Å². The summed E-state index contributed by atoms with van der Waals surface area (Å²) in [4.78, 5) is 7.16. The first kappa shape index (κ1) is 15.0. The molecule has 0 bridgehead atoms. The van der Waals surface area contributed by atoms with Crippen LogP contribution < -0.4 is 5.32 Å². The Kier molecular flexibility index (Phi) is 4.06. The highest BCUT2D eigenvalue weighted by molar-refractivity contribution is 5.01. The van der Waals surface area contributed by atoms with Crippen LogP contribution in [0.2, 0.25) is 0 Å². The molecule has 3 rings (SSSR count). The maximum Gasteiger partial charge on any atom is 0.141 e. The van der Waals surface area contributed by atoms with Crippen LogP contribution in [-0.4, -0.2) is 44.3 Å². The monoisotopic (exact) mass is 291 g/mol. The lowest BCUT2D eigenvalue weighted by atomic mass is 9.92. The minimum absolute atomic E-state index is 0.230. The molecule has 2 heterocycles. The molecule has 118 valence electrons. The average Bonchev–Trinajstić information content (AvgIpc) is 3.18. The van der Waals surface area contributed by atoms with Crippen molar-refractivity contribution in [2.45, 2.75) is 71.1 Å². The van der Waals surface area contributed by atoms with E-state index in [1.807, 2.05) is 0 Å². The van der Waals surface area contributed by atoms with E-state index >= 15 is 0 Å². The number of nitrogens with zero attached hydrogens (tertiary/aromatic N) is 4. The summed E-state index contributed by atoms with van der Waals surface area (Å²) < 4.78 is 2.06. The number of hydrogen-bond donors (Lipinski definition) is 1. The van der Waals surface area contributed by atoms with Crippen LogP contribution in [0.25, 0.3) is 0 Å². The van der Waals surface area contributed by atoms with Crippen molar-refractivity contribution in [3.63, 3.8) is 0 Å². The van der Waals surface area contributed by atoms with Crippen LogP contribution in [0.5, 0.6) is 0 Å². The van der Waals surface area contributed by atoms with Crippen molar-refractivity contribution in [2.75, 3.05) is 13.1 Å². The van der Waals surface area contributed by atoms with Gasteiger partial charge in [-0.1, -0.05) is 6.92 Å². The van der Waals surface area contributed by atoms with Crippen molar-refractivity contribution in [1.82, 2.24) is 25.0 Å². The second-order valence-electron chi connectivity index (χ2n) is 7.32. The largest absolute Gasteiger partial charge is 0.309 e. The van der Waals surface area contributed by atoms with Gasteiger partial charge in [-0.3, -0.25) is 4.90 Å². The molecule has 2 unspecified atom stereocenters. The first-order chi connectivity index (χ1) is 10.0. The van der Waals surface area contributed by atoms with Crippen molar-refractivity contribution in [1.29, 1.82) is 0 Å². The molecule has 0 amide bonds. The van der Waals surface area contributed by atoms with Crippen LogP contribution in [0.1, 0.15) is 58.8 Å². The van der Waals surface area contributed by atoms with Gasteiger partial charge in [0.25, 0.3) is 0 Å². The number of piperazine rings is 1. The van der Waals surface area contributed by atoms with E-state index in [2.05, 4.69) is 52.7 Å². The highest BCUT2D eigenvalue weighted by Gasteiger charge is 2.42. The zero-order chi connectivity index (χ0) is 15.0. The summed E-state index contributed by atoms with van der Waals surface area (Å²) in [6, 6.07) is 1.05. The SMILES string of the molecule is CCC1(C)CN(Cc2ncnn2C(C)C)C(C2CC2)CN1. The second kappa shape index (κ2) is 5.69. The van der Waals surface area contributed by atoms with E-state index in [9.17, 15) is 0 Å². The molecule has 21 heavy (non-hydrogen) atoms. The van der Waals surface area contributed by atoms with Gasteiger partial charge in [0.15, 0.2) is 0 Å². The summed E-state index contributed by atoms with van der Waals surface area (Å²) in [5, 5.41) is 8.17. The highest BCUT2D eigenvalue weighted by atomic mass is 15.4. The molecular formula is C16H29N5. The predicted octanol–water partition coefficient (Wildman–Crippen LogP) is 2.21. The van der Waals surface area contributed by atoms with Crippen molar-refractivity contribution in [3.8, 4) is 0 Å². The molecular weight excluding hydrogens is 262 g/mol. The quantitative estimate of drug-likeness (QED) is 0.903. The van der Waals surface area contributed by atoms with Crippen molar-refractivity contribution in [3.05, 3.63) is 12.2 Å². The summed E-state index contributed by atoms with van der Waals surface area (Å²) >= 11 is 0. The Bertz CT molecular complexity index is 479. The van der Waals surface area contributed by atoms with E-state index in [1.165, 1.54) is 12.8 Å². The first-order valence-electron chi connectivity index (χ1n) is 8.40. The van der Waals surface area contributed by atoms with E-state index < -0.39 is 0 Å². The van der Waals surface area contributed by atoms with Gasteiger partial charge in [-0.05, 0) is 46.0 Å². The number of hydrogen-bond acceptors (Lipinski definition) is 4. The molecule has 1 N–H and O–H groups in total. The third kappa shape index (κ3) is 3.14. The minimum Gasteiger partial charge on any atom is -0.309 e. The van der Waals surface area contributed by atoms with Gasteiger partial charge in [0.2, 0.25) is 0 Å². The van der Waals surface area contributed by atoms with Crippen molar-refractivity contribution >= 4 is 0 Å². The van der Waals surface area contributed by atoms with E-state index in [0.29, 0.717) is 12.1 Å². The molecule has 1 saturated heterocycles. The molecule has 5 heteroatoms. The summed E-state index contributed by atoms with van der Waals surface area (Å²) in [5.74, 6) is 1.99. The molecule has 1 saturated carbocycles. The Morgan fingerprint density at radius 3 is 2.81 bits per heavy atom. The second-order valence-corrected chi connectivity index (χ2v) is 7.32. The Balaban J connectivity index is 1.77. The fourth-order valence-corrected chi connectivity index (χ4v) is 3.46. The van der Waals surface area contributed by atoms with Gasteiger partial charge in [0.1, 0.15) is 12.2 Å². The lowest BCUT2D eigenvalue weighted by molar-refractivity contribution is 0.0625. The van der Waals surface area contributed by atoms with Crippen LogP contribution in [0.15, 0.2) is 6.33 Å². The molecule has 2 fully saturated rings. The number of rotatable bonds is 5. The third-order valence-corrected chi connectivity index (χ3v) is 5.19. The van der Waals surface area contributed by atoms with Gasteiger partial charge < -0.3 is 5.32 Å². The normalized spacial score (nSPS) is 31.0. The van der Waals surface area contributed by atoms with E-state index in [4.69, 9.17) is 0 Å². The van der Waals surface area contributed by atoms with Gasteiger partial charge in [0.05, 0.1) is 6.54 Å². The third-order valence-electron chi connectivity index (χ3n) is 5.19. The lowest BCUT2D eigenvalue weighted by Gasteiger charge is -2.46. The summed E-state index contributed by atoms with van der Waals surface area (Å²) in [7, 11) is 0. The molecule has 5 nitrogen and oxygen atoms in total. The molecule has 0 aromatic carbocycles. The van der Waals surface area contributed by atoms with Crippen LogP contribution >= 0.6 is 0 Å². The van der Waals surface area contributed by atoms with Crippen molar-refractivity contribution in [2.24, 2.45) is 5.92 Å². The molecule has 2 aliphatic rings. The minimum atomic E-state index is 0.230. The Morgan fingerprint density at radius 2 is 2.19 bits per heavy atom. The zero-order valence-electron chi connectivity index (χ0n) is 13.8. The van der Waals surface area contributed by atoms with E-state index in [1.54, 1.807) is 6.33 Å². The molecule has 1 aromatic heterocycles. The van der Waals surface area contributed by atoms with Crippen LogP contribution in [-0.2, 0) is 6.54 Å². The molecule has 2 atom stereocenters. The smallest absolute Gasteiger partial charge is 0.141 e. The average molecular weight is 291 g/mol. The van der Waals surface area contributed by atoms with Gasteiger partial charge >= 0.3 is 0 Å². The van der Waals surface area contributed by atoms with Gasteiger partial charge in [0, 0.05) is 30.7 Å². The first-order valence-corrected chi connectivity index (χ1v) is 8.40. The van der Waals surface area contributed by atoms with Crippen LogP contribution in [0, 0.1) is 5.92 Å². The van der Waals surface area contributed by atoms with E-state index in [-0.39, 0.29) is 5.54 Å². The standard InChI is InChI=1S/C16H29N5/c1-5-16(4)10-20(14(8-18-16)13-6-7-13)9-15-17-11-19-21(15)12(2)3/h11-14,18H,5-10H2,1-4H3. The van der Waals surface area contributed by atoms with Gasteiger partial charge in [-0.25, -0.2) is 9.67 Å². The van der Waals surface area contributed by atoms with Crippen LogP contribution in [0.4, 0.5) is 0 Å². The predicted molar refractivity (Wildman–Crippen MR) is 84.0 cm³/mol. The molecule has 1 aromatic rings. The fourth-order valence-electron chi connectivity index (χ4n) is 3.46. The Morgan fingerprint density at radius 1 is 1.43 bits per heavy atom. The number of aromatic nitrogens is 3. The Hall–Kier alpha value is -0.940. The molecule has 1 aliphatic heterocycles. The summed E-state index contributed by atoms with van der Waals surface area (Å²) in [5.41, 5.74) is 0.230. The van der Waals surface area contributed by atoms with E-state index in [0.717, 1.165) is 37.8 Å². The molecule has 0 radical (unpaired) electrons. The zero-order valence-corrected chi connectivity index (χ0v) is 13.8. The van der Waals surface area contributed by atoms with Crippen molar-refractivity contribution < 1.29 is 0 Å². The van der Waals surface area contributed by atoms with Crippen LogP contribution in [0.3, 0.4) is 0 Å². The maximum atomic E-state index is 4.51. The summed E-state index contributed by atoms with van der Waals surface area (Å²) in [6.07, 6.45) is 5.64. The molecule has 1 aliphatic carbocycles. The molecule has 0 spiro atoms.